The smallest absolute Gasteiger partial charge is 0.328 e. The number of hydrogen-bond acceptors (Lipinski definition) is 5. The van der Waals surface area contributed by atoms with Crippen LogP contribution in [0.5, 0.6) is 0 Å². The maximum atomic E-state index is 12.5. The number of barbiturate groups is 1. The van der Waals surface area contributed by atoms with Gasteiger partial charge in [-0.3, -0.25) is 25.1 Å². The number of carbonyl (C=O) groups is 3. The summed E-state index contributed by atoms with van der Waals surface area (Å²) < 4.78 is 5.33. The first-order chi connectivity index (χ1) is 11.6. The van der Waals surface area contributed by atoms with Crippen molar-refractivity contribution >= 4 is 30.3 Å². The standard InChI is InChI=1S/C17H29N3O4.ClH/c1-2-3-4-5-6-7-17(8-9-20-10-12-24-13-11-20)14(21)18-16(23)19-15(17)22;/h2-13H2,1H3,(H2,18,19,21,22,23);1H. The summed E-state index contributed by atoms with van der Waals surface area (Å²) in [6, 6.07) is -0.710. The molecule has 25 heavy (non-hydrogen) atoms. The Hall–Kier alpha value is -1.18. The van der Waals surface area contributed by atoms with Crippen molar-refractivity contribution in [1.29, 1.82) is 0 Å². The van der Waals surface area contributed by atoms with E-state index in [-0.39, 0.29) is 12.4 Å². The molecular formula is C17H30ClN3O4. The van der Waals surface area contributed by atoms with Gasteiger partial charge < -0.3 is 4.74 Å². The van der Waals surface area contributed by atoms with Gasteiger partial charge >= 0.3 is 6.03 Å². The van der Waals surface area contributed by atoms with Crippen LogP contribution in [0.25, 0.3) is 0 Å². The number of hydrogen-bond donors (Lipinski definition) is 2. The van der Waals surface area contributed by atoms with Crippen LogP contribution in [-0.2, 0) is 14.3 Å². The number of nitrogens with one attached hydrogen (secondary N) is 2. The summed E-state index contributed by atoms with van der Waals surface area (Å²) in [6.07, 6.45) is 6.17. The van der Waals surface area contributed by atoms with Gasteiger partial charge in [0.1, 0.15) is 5.41 Å². The Bertz CT molecular complexity index is 447. The Balaban J connectivity index is 0.00000312. The Morgan fingerprint density at radius 1 is 0.960 bits per heavy atom. The highest BCUT2D eigenvalue weighted by Crippen LogP contribution is 2.32. The van der Waals surface area contributed by atoms with Crippen LogP contribution in [0.2, 0.25) is 0 Å². The molecule has 4 amide bonds. The number of rotatable bonds is 9. The number of ether oxygens (including phenoxy) is 1. The molecule has 0 saturated carbocycles. The molecule has 7 nitrogen and oxygen atoms in total. The van der Waals surface area contributed by atoms with Crippen molar-refractivity contribution < 1.29 is 19.1 Å². The monoisotopic (exact) mass is 375 g/mol. The van der Waals surface area contributed by atoms with Crippen LogP contribution < -0.4 is 10.6 Å². The van der Waals surface area contributed by atoms with Crippen LogP contribution in [0.15, 0.2) is 0 Å². The van der Waals surface area contributed by atoms with E-state index in [0.717, 1.165) is 45.2 Å². The van der Waals surface area contributed by atoms with E-state index in [1.165, 1.54) is 0 Å². The van der Waals surface area contributed by atoms with Crippen LogP contribution in [0.1, 0.15) is 51.9 Å². The molecule has 2 N–H and O–H groups in total. The fourth-order valence-corrected chi connectivity index (χ4v) is 3.36. The van der Waals surface area contributed by atoms with Gasteiger partial charge in [0.05, 0.1) is 13.2 Å². The third kappa shape index (κ3) is 5.94. The highest BCUT2D eigenvalue weighted by Gasteiger charge is 2.49. The van der Waals surface area contributed by atoms with Gasteiger partial charge in [0, 0.05) is 13.1 Å². The van der Waals surface area contributed by atoms with Crippen LogP contribution in [0, 0.1) is 5.41 Å². The molecule has 0 bridgehead atoms. The van der Waals surface area contributed by atoms with Gasteiger partial charge in [0.25, 0.3) is 0 Å². The fraction of sp³-hybridized carbons (Fsp3) is 0.824. The van der Waals surface area contributed by atoms with E-state index in [0.29, 0.717) is 32.6 Å². The van der Waals surface area contributed by atoms with Gasteiger partial charge in [0.15, 0.2) is 0 Å². The molecule has 0 unspecified atom stereocenters. The topological polar surface area (TPSA) is 87.7 Å². The minimum atomic E-state index is -1.13. The molecule has 0 aliphatic carbocycles. The normalized spacial score (nSPS) is 20.6. The average molecular weight is 376 g/mol. The lowest BCUT2D eigenvalue weighted by molar-refractivity contribution is -0.146. The molecule has 8 heteroatoms. The molecule has 2 aliphatic heterocycles. The molecule has 2 fully saturated rings. The number of halogens is 1. The van der Waals surface area contributed by atoms with Gasteiger partial charge in [-0.1, -0.05) is 39.0 Å². The summed E-state index contributed by atoms with van der Waals surface area (Å²) >= 11 is 0. The lowest BCUT2D eigenvalue weighted by Gasteiger charge is -2.36. The zero-order chi connectivity index (χ0) is 17.4. The second-order valence-corrected chi connectivity index (χ2v) is 6.69. The average Bonchev–Trinajstić information content (AvgIpc) is 2.57. The summed E-state index contributed by atoms with van der Waals surface area (Å²) in [5, 5.41) is 4.57. The number of imide groups is 2. The van der Waals surface area contributed by atoms with E-state index in [1.54, 1.807) is 0 Å². The van der Waals surface area contributed by atoms with Crippen LogP contribution in [-0.4, -0.2) is 55.6 Å². The SMILES string of the molecule is CCCCCCCC1(CCN2CCOCC2)C(=O)NC(=O)NC1=O.Cl. The highest BCUT2D eigenvalue weighted by atomic mass is 35.5. The van der Waals surface area contributed by atoms with Crippen molar-refractivity contribution in [2.45, 2.75) is 51.9 Å². The van der Waals surface area contributed by atoms with Crippen molar-refractivity contribution in [2.24, 2.45) is 5.41 Å². The summed E-state index contributed by atoms with van der Waals surface area (Å²) in [4.78, 5) is 38.6. The third-order valence-electron chi connectivity index (χ3n) is 4.99. The quantitative estimate of drug-likeness (QED) is 0.474. The van der Waals surface area contributed by atoms with Crippen LogP contribution in [0.4, 0.5) is 4.79 Å². The molecule has 2 rings (SSSR count). The first-order valence-corrected chi connectivity index (χ1v) is 9.05. The fourth-order valence-electron chi connectivity index (χ4n) is 3.36. The van der Waals surface area contributed by atoms with Crippen molar-refractivity contribution in [2.75, 3.05) is 32.8 Å². The maximum Gasteiger partial charge on any atom is 0.328 e. The lowest BCUT2D eigenvalue weighted by atomic mass is 9.76. The van der Waals surface area contributed by atoms with Gasteiger partial charge in [-0.2, -0.15) is 0 Å². The zero-order valence-electron chi connectivity index (χ0n) is 15.0. The maximum absolute atomic E-state index is 12.5. The van der Waals surface area contributed by atoms with Crippen molar-refractivity contribution in [1.82, 2.24) is 15.5 Å². The predicted octanol–water partition coefficient (Wildman–Crippen LogP) is 1.84. The number of unbranched alkanes of at least 4 members (excludes halogenated alkanes) is 4. The first-order valence-electron chi connectivity index (χ1n) is 9.05. The third-order valence-corrected chi connectivity index (χ3v) is 4.99. The van der Waals surface area contributed by atoms with Crippen molar-refractivity contribution in [3.8, 4) is 0 Å². The minimum Gasteiger partial charge on any atom is -0.379 e. The first kappa shape index (κ1) is 21.9. The van der Waals surface area contributed by atoms with Crippen LogP contribution >= 0.6 is 12.4 Å². The van der Waals surface area contributed by atoms with Crippen molar-refractivity contribution in [3.05, 3.63) is 0 Å². The molecule has 0 aromatic rings. The summed E-state index contributed by atoms with van der Waals surface area (Å²) in [6.45, 7) is 5.80. The van der Waals surface area contributed by atoms with E-state index in [2.05, 4.69) is 22.5 Å². The molecule has 0 atom stereocenters. The second kappa shape index (κ2) is 10.7. The Kier molecular flexibility index (Phi) is 9.38. The molecular weight excluding hydrogens is 346 g/mol. The number of nitrogens with zero attached hydrogens (tertiary/aromatic N) is 1. The summed E-state index contributed by atoms with van der Waals surface area (Å²) in [7, 11) is 0. The van der Waals surface area contributed by atoms with Gasteiger partial charge in [-0.05, 0) is 19.4 Å². The lowest BCUT2D eigenvalue weighted by Crippen LogP contribution is -2.63. The molecule has 2 saturated heterocycles. The Labute approximate surface area is 155 Å². The summed E-state index contributed by atoms with van der Waals surface area (Å²) in [5.74, 6) is -0.889. The second-order valence-electron chi connectivity index (χ2n) is 6.69. The summed E-state index contributed by atoms with van der Waals surface area (Å²) in [5.41, 5.74) is -1.13. The Morgan fingerprint density at radius 2 is 1.56 bits per heavy atom. The largest absolute Gasteiger partial charge is 0.379 e. The highest BCUT2D eigenvalue weighted by molar-refractivity contribution is 6.19. The van der Waals surface area contributed by atoms with Gasteiger partial charge in [-0.15, -0.1) is 12.4 Å². The molecule has 2 aliphatic rings. The number of carbonyl (C=O) groups excluding carboxylic acids is 3. The van der Waals surface area contributed by atoms with Gasteiger partial charge in [0.2, 0.25) is 11.8 Å². The molecule has 2 heterocycles. The number of amides is 4. The molecule has 0 spiro atoms. The zero-order valence-corrected chi connectivity index (χ0v) is 15.8. The van der Waals surface area contributed by atoms with E-state index in [1.807, 2.05) is 0 Å². The molecule has 144 valence electrons. The predicted molar refractivity (Wildman–Crippen MR) is 96.6 cm³/mol. The van der Waals surface area contributed by atoms with E-state index in [9.17, 15) is 14.4 Å². The van der Waals surface area contributed by atoms with E-state index >= 15 is 0 Å². The molecule has 0 radical (unpaired) electrons. The number of urea groups is 1. The molecule has 0 aromatic heterocycles. The van der Waals surface area contributed by atoms with Gasteiger partial charge in [-0.25, -0.2) is 4.79 Å². The minimum absolute atomic E-state index is 0. The van der Waals surface area contributed by atoms with Crippen LogP contribution in [0.3, 0.4) is 0 Å². The Morgan fingerprint density at radius 3 is 2.16 bits per heavy atom. The van der Waals surface area contributed by atoms with Crippen molar-refractivity contribution in [3.63, 3.8) is 0 Å². The number of morpholine rings is 1. The molecule has 0 aromatic carbocycles. The van der Waals surface area contributed by atoms with E-state index < -0.39 is 23.3 Å². The van der Waals surface area contributed by atoms with E-state index in [4.69, 9.17) is 4.74 Å².